The molecule has 148 valence electrons. The average molecular weight is 384 g/mol. The number of benzene rings is 1. The van der Waals surface area contributed by atoms with Gasteiger partial charge in [-0.15, -0.1) is 0 Å². The molecule has 2 saturated heterocycles. The van der Waals surface area contributed by atoms with Gasteiger partial charge in [0, 0.05) is 25.0 Å². The van der Waals surface area contributed by atoms with Crippen molar-refractivity contribution in [1.29, 1.82) is 0 Å². The Balaban J connectivity index is 1.57. The van der Waals surface area contributed by atoms with Gasteiger partial charge in [-0.05, 0) is 44.4 Å². The summed E-state index contributed by atoms with van der Waals surface area (Å²) >= 11 is 0. The van der Waals surface area contributed by atoms with Gasteiger partial charge in [0.2, 0.25) is 11.8 Å². The molecule has 0 spiro atoms. The second kappa shape index (κ2) is 7.10. The van der Waals surface area contributed by atoms with E-state index in [2.05, 4.69) is 22.9 Å². The molecule has 2 fully saturated rings. The van der Waals surface area contributed by atoms with E-state index in [1.54, 1.807) is 12.1 Å². The maximum Gasteiger partial charge on any atom is 0.262 e. The molecule has 8 heteroatoms. The van der Waals surface area contributed by atoms with E-state index >= 15 is 0 Å². The van der Waals surface area contributed by atoms with Crippen LogP contribution in [0.5, 0.6) is 0 Å². The van der Waals surface area contributed by atoms with Gasteiger partial charge in [-0.3, -0.25) is 29.4 Å². The summed E-state index contributed by atoms with van der Waals surface area (Å²) in [6.07, 6.45) is 2.39. The summed E-state index contributed by atoms with van der Waals surface area (Å²) < 4.78 is 0. The van der Waals surface area contributed by atoms with Gasteiger partial charge >= 0.3 is 0 Å². The van der Waals surface area contributed by atoms with Crippen LogP contribution in [-0.4, -0.2) is 53.2 Å². The van der Waals surface area contributed by atoms with Crippen LogP contribution in [0.15, 0.2) is 18.2 Å². The van der Waals surface area contributed by atoms with Crippen LogP contribution in [0.3, 0.4) is 0 Å². The van der Waals surface area contributed by atoms with E-state index in [0.717, 1.165) is 36.4 Å². The molecule has 1 aromatic rings. The van der Waals surface area contributed by atoms with Gasteiger partial charge in [-0.25, -0.2) is 0 Å². The Morgan fingerprint density at radius 1 is 1.21 bits per heavy atom. The topological polar surface area (TPSA) is 108 Å². The number of piperidine rings is 2. The van der Waals surface area contributed by atoms with Crippen LogP contribution >= 0.6 is 0 Å². The van der Waals surface area contributed by atoms with Crippen molar-refractivity contribution < 1.29 is 19.2 Å². The first-order chi connectivity index (χ1) is 13.4. The number of fused-ring (bicyclic) bond motifs is 1. The van der Waals surface area contributed by atoms with E-state index in [1.807, 2.05) is 6.07 Å². The maximum absolute atomic E-state index is 13.1. The summed E-state index contributed by atoms with van der Waals surface area (Å²) in [5.74, 6) is -1.90. The van der Waals surface area contributed by atoms with E-state index in [1.165, 1.54) is 0 Å². The molecule has 0 bridgehead atoms. The summed E-state index contributed by atoms with van der Waals surface area (Å²) in [7, 11) is 0. The first-order valence-electron chi connectivity index (χ1n) is 9.69. The molecule has 3 heterocycles. The van der Waals surface area contributed by atoms with Gasteiger partial charge in [-0.2, -0.15) is 0 Å². The average Bonchev–Trinajstić information content (AvgIpc) is 2.92. The number of nitrogens with zero attached hydrogens (tertiary/aromatic N) is 1. The zero-order valence-electron chi connectivity index (χ0n) is 15.8. The van der Waals surface area contributed by atoms with E-state index in [-0.39, 0.29) is 24.3 Å². The Hall–Kier alpha value is -2.58. The van der Waals surface area contributed by atoms with Crippen LogP contribution in [0.2, 0.25) is 0 Å². The highest BCUT2D eigenvalue weighted by Crippen LogP contribution is 2.30. The summed E-state index contributed by atoms with van der Waals surface area (Å²) in [6, 6.07) is 4.28. The molecule has 8 nitrogen and oxygen atoms in total. The lowest BCUT2D eigenvalue weighted by Gasteiger charge is -2.35. The molecule has 1 aromatic carbocycles. The number of carbonyl (C=O) groups excluding carboxylic acids is 4. The van der Waals surface area contributed by atoms with E-state index in [4.69, 9.17) is 0 Å². The van der Waals surface area contributed by atoms with Crippen molar-refractivity contribution in [2.75, 3.05) is 13.1 Å². The number of carbonyl (C=O) groups is 4. The van der Waals surface area contributed by atoms with Gasteiger partial charge < -0.3 is 10.6 Å². The van der Waals surface area contributed by atoms with Crippen molar-refractivity contribution in [3.8, 4) is 0 Å². The van der Waals surface area contributed by atoms with Gasteiger partial charge in [-0.1, -0.05) is 12.1 Å². The molecule has 4 rings (SSSR count). The molecule has 3 aliphatic rings. The lowest BCUT2D eigenvalue weighted by atomic mass is 9.91. The molecule has 3 aliphatic heterocycles. The Kier molecular flexibility index (Phi) is 4.76. The zero-order chi connectivity index (χ0) is 19.9. The van der Waals surface area contributed by atoms with Crippen LogP contribution in [0, 0.1) is 0 Å². The second-order valence-electron chi connectivity index (χ2n) is 7.98. The van der Waals surface area contributed by atoms with E-state index in [0.29, 0.717) is 17.7 Å². The number of rotatable bonds is 4. The molecule has 4 amide bonds. The summed E-state index contributed by atoms with van der Waals surface area (Å²) in [4.78, 5) is 50.6. The number of imide groups is 2. The lowest BCUT2D eigenvalue weighted by Crippen LogP contribution is -2.54. The van der Waals surface area contributed by atoms with Crippen molar-refractivity contribution in [3.63, 3.8) is 0 Å². The quantitative estimate of drug-likeness (QED) is 0.646. The molecular formula is C20H24N4O4. The zero-order valence-corrected chi connectivity index (χ0v) is 15.8. The van der Waals surface area contributed by atoms with Crippen molar-refractivity contribution in [2.45, 2.75) is 50.7 Å². The van der Waals surface area contributed by atoms with E-state index in [9.17, 15) is 19.2 Å². The van der Waals surface area contributed by atoms with Crippen molar-refractivity contribution in [1.82, 2.24) is 20.9 Å². The highest BCUT2D eigenvalue weighted by atomic mass is 16.2. The van der Waals surface area contributed by atoms with E-state index < -0.39 is 23.8 Å². The molecule has 0 aromatic heterocycles. The summed E-state index contributed by atoms with van der Waals surface area (Å²) in [5, 5.41) is 9.11. The Bertz CT molecular complexity index is 860. The standard InChI is InChI=1S/C20H24N4O4/c1-20(8-3-9-21-11-20)22-10-12-4-2-5-13-16(12)19(28)24(18(13)27)14-6-7-15(25)23-17(14)26/h2,4-5,14,21-22H,3,6-11H2,1H3,(H,23,25,26). The number of hydrogen-bond acceptors (Lipinski definition) is 6. The lowest BCUT2D eigenvalue weighted by molar-refractivity contribution is -0.136. The molecule has 2 atom stereocenters. The molecule has 2 unspecified atom stereocenters. The predicted molar refractivity (Wildman–Crippen MR) is 100 cm³/mol. The summed E-state index contributed by atoms with van der Waals surface area (Å²) in [6.45, 7) is 4.46. The smallest absolute Gasteiger partial charge is 0.262 e. The third kappa shape index (κ3) is 3.22. The minimum absolute atomic E-state index is 0.0735. The minimum Gasteiger partial charge on any atom is -0.315 e. The normalized spacial score (nSPS) is 27.8. The predicted octanol–water partition coefficient (Wildman–Crippen LogP) is 0.320. The van der Waals surface area contributed by atoms with Gasteiger partial charge in [0.25, 0.3) is 11.8 Å². The number of amides is 4. The molecule has 0 aliphatic carbocycles. The maximum atomic E-state index is 13.1. The highest BCUT2D eigenvalue weighted by Gasteiger charge is 2.45. The SMILES string of the molecule is CC1(NCc2cccc3c2C(=O)N(C2CCC(=O)NC2=O)C3=O)CCCNC1. The fraction of sp³-hybridized carbons (Fsp3) is 0.500. The van der Waals surface area contributed by atoms with Crippen LogP contribution in [0.25, 0.3) is 0 Å². The van der Waals surface area contributed by atoms with Gasteiger partial charge in [0.1, 0.15) is 6.04 Å². The third-order valence-electron chi connectivity index (χ3n) is 5.86. The molecule has 0 saturated carbocycles. The Labute approximate surface area is 163 Å². The number of nitrogens with one attached hydrogen (secondary N) is 3. The molecule has 28 heavy (non-hydrogen) atoms. The second-order valence-corrected chi connectivity index (χ2v) is 7.98. The van der Waals surface area contributed by atoms with Crippen molar-refractivity contribution in [3.05, 3.63) is 34.9 Å². The largest absolute Gasteiger partial charge is 0.315 e. The molecular weight excluding hydrogens is 360 g/mol. The van der Waals surface area contributed by atoms with Crippen LogP contribution in [0.1, 0.15) is 58.9 Å². The fourth-order valence-electron chi connectivity index (χ4n) is 4.25. The monoisotopic (exact) mass is 384 g/mol. The Morgan fingerprint density at radius 2 is 2.04 bits per heavy atom. The van der Waals surface area contributed by atoms with Crippen LogP contribution in [0.4, 0.5) is 0 Å². The third-order valence-corrected chi connectivity index (χ3v) is 5.86. The molecule has 3 N–H and O–H groups in total. The molecule has 0 radical (unpaired) electrons. The van der Waals surface area contributed by atoms with Gasteiger partial charge in [0.15, 0.2) is 0 Å². The first-order valence-corrected chi connectivity index (χ1v) is 9.69. The van der Waals surface area contributed by atoms with Crippen molar-refractivity contribution in [2.24, 2.45) is 0 Å². The van der Waals surface area contributed by atoms with Crippen LogP contribution < -0.4 is 16.0 Å². The van der Waals surface area contributed by atoms with Crippen LogP contribution in [-0.2, 0) is 16.1 Å². The van der Waals surface area contributed by atoms with Crippen molar-refractivity contribution >= 4 is 23.6 Å². The van der Waals surface area contributed by atoms with Gasteiger partial charge in [0.05, 0.1) is 11.1 Å². The first kappa shape index (κ1) is 18.8. The fourth-order valence-corrected chi connectivity index (χ4v) is 4.25. The highest BCUT2D eigenvalue weighted by molar-refractivity contribution is 6.24. The number of hydrogen-bond donors (Lipinski definition) is 3. The Morgan fingerprint density at radius 3 is 2.75 bits per heavy atom. The summed E-state index contributed by atoms with van der Waals surface area (Å²) in [5.41, 5.74) is 1.35. The minimum atomic E-state index is -0.939.